The highest BCUT2D eigenvalue weighted by Gasteiger charge is 2.27. The van der Waals surface area contributed by atoms with Gasteiger partial charge in [0.25, 0.3) is 5.91 Å². The Labute approximate surface area is 104 Å². The number of rotatable bonds is 5. The third-order valence-electron chi connectivity index (χ3n) is 3.61. The van der Waals surface area contributed by atoms with Crippen LogP contribution in [-0.4, -0.2) is 67.7 Å². The van der Waals surface area contributed by atoms with Gasteiger partial charge in [-0.1, -0.05) is 6.92 Å². The summed E-state index contributed by atoms with van der Waals surface area (Å²) in [5.74, 6) is 0.0267. The zero-order valence-electron chi connectivity index (χ0n) is 11.2. The summed E-state index contributed by atoms with van der Waals surface area (Å²) in [5, 5.41) is 0. The first-order valence-corrected chi connectivity index (χ1v) is 6.39. The number of hydrogen-bond acceptors (Lipinski definition) is 4. The number of carbonyl (C=O) groups is 1. The minimum Gasteiger partial charge on any atom is -0.370 e. The molecular formula is C12H25N3O2. The van der Waals surface area contributed by atoms with E-state index >= 15 is 0 Å². The van der Waals surface area contributed by atoms with Crippen LogP contribution in [0, 0.1) is 0 Å². The molecule has 1 heterocycles. The van der Waals surface area contributed by atoms with Crippen LogP contribution in [0.5, 0.6) is 0 Å². The number of amides is 1. The average Bonchev–Trinajstić information content (AvgIpc) is 2.39. The fourth-order valence-electron chi connectivity index (χ4n) is 2.14. The van der Waals surface area contributed by atoms with Crippen LogP contribution in [0.3, 0.4) is 0 Å². The predicted molar refractivity (Wildman–Crippen MR) is 67.8 cm³/mol. The van der Waals surface area contributed by atoms with Gasteiger partial charge < -0.3 is 15.4 Å². The first-order valence-electron chi connectivity index (χ1n) is 6.39. The summed E-state index contributed by atoms with van der Waals surface area (Å²) in [6.45, 7) is 8.13. The normalized spacial score (nSPS) is 21.3. The van der Waals surface area contributed by atoms with Crippen molar-refractivity contribution in [2.75, 3.05) is 39.8 Å². The Morgan fingerprint density at radius 1 is 1.35 bits per heavy atom. The van der Waals surface area contributed by atoms with Crippen LogP contribution in [0.2, 0.25) is 0 Å². The predicted octanol–water partition coefficient (Wildman–Crippen LogP) is -0.0972. The molecular weight excluding hydrogens is 218 g/mol. The van der Waals surface area contributed by atoms with Gasteiger partial charge in [0.2, 0.25) is 0 Å². The number of nitrogens with two attached hydrogens (primary N) is 1. The van der Waals surface area contributed by atoms with E-state index in [1.54, 1.807) is 0 Å². The number of ether oxygens (including phenoxy) is 1. The van der Waals surface area contributed by atoms with Crippen molar-refractivity contribution < 1.29 is 9.53 Å². The maximum atomic E-state index is 12.0. The number of carbonyl (C=O) groups excluding carboxylic acids is 1. The van der Waals surface area contributed by atoms with Gasteiger partial charge in [-0.15, -0.1) is 0 Å². The Morgan fingerprint density at radius 3 is 2.35 bits per heavy atom. The van der Waals surface area contributed by atoms with Crippen molar-refractivity contribution in [3.05, 3.63) is 0 Å². The average molecular weight is 243 g/mol. The Kier molecular flexibility index (Phi) is 5.88. The van der Waals surface area contributed by atoms with Crippen LogP contribution < -0.4 is 5.73 Å². The SMILES string of the molecule is CCC(C)N1CCN(C(=O)C(CN)OC)CC1. The Balaban J connectivity index is 2.43. The van der Waals surface area contributed by atoms with E-state index in [1.807, 2.05) is 4.90 Å². The lowest BCUT2D eigenvalue weighted by molar-refractivity contribution is -0.143. The second kappa shape index (κ2) is 6.93. The molecule has 0 aromatic heterocycles. The van der Waals surface area contributed by atoms with Gasteiger partial charge in [0.1, 0.15) is 6.10 Å². The molecule has 100 valence electrons. The molecule has 2 N–H and O–H groups in total. The number of methoxy groups -OCH3 is 1. The van der Waals surface area contributed by atoms with Gasteiger partial charge in [0, 0.05) is 45.9 Å². The first kappa shape index (κ1) is 14.4. The fourth-order valence-corrected chi connectivity index (χ4v) is 2.14. The molecule has 1 amide bonds. The minimum atomic E-state index is -0.481. The minimum absolute atomic E-state index is 0.0267. The summed E-state index contributed by atoms with van der Waals surface area (Å²) in [5.41, 5.74) is 5.51. The molecule has 0 spiro atoms. The van der Waals surface area contributed by atoms with Crippen molar-refractivity contribution in [3.63, 3.8) is 0 Å². The van der Waals surface area contributed by atoms with Gasteiger partial charge in [0.15, 0.2) is 0 Å². The van der Waals surface area contributed by atoms with E-state index in [9.17, 15) is 4.79 Å². The van der Waals surface area contributed by atoms with Gasteiger partial charge in [-0.3, -0.25) is 9.69 Å². The van der Waals surface area contributed by atoms with Gasteiger partial charge in [-0.05, 0) is 13.3 Å². The summed E-state index contributed by atoms with van der Waals surface area (Å²) in [6, 6.07) is 0.597. The molecule has 1 rings (SSSR count). The molecule has 1 aliphatic rings. The third kappa shape index (κ3) is 3.66. The highest BCUT2D eigenvalue weighted by atomic mass is 16.5. The molecule has 2 unspecified atom stereocenters. The summed E-state index contributed by atoms with van der Waals surface area (Å²) >= 11 is 0. The molecule has 0 aliphatic carbocycles. The van der Waals surface area contributed by atoms with Crippen LogP contribution >= 0.6 is 0 Å². The molecule has 5 nitrogen and oxygen atoms in total. The van der Waals surface area contributed by atoms with Gasteiger partial charge in [-0.25, -0.2) is 0 Å². The topological polar surface area (TPSA) is 58.8 Å². The summed E-state index contributed by atoms with van der Waals surface area (Å²) in [7, 11) is 1.53. The number of nitrogens with zero attached hydrogens (tertiary/aromatic N) is 2. The lowest BCUT2D eigenvalue weighted by atomic mass is 10.2. The highest BCUT2D eigenvalue weighted by Crippen LogP contribution is 2.10. The van der Waals surface area contributed by atoms with Crippen LogP contribution in [-0.2, 0) is 9.53 Å². The molecule has 0 radical (unpaired) electrons. The monoisotopic (exact) mass is 243 g/mol. The molecule has 1 saturated heterocycles. The zero-order chi connectivity index (χ0) is 12.8. The van der Waals surface area contributed by atoms with Crippen molar-refractivity contribution in [2.45, 2.75) is 32.4 Å². The van der Waals surface area contributed by atoms with Crippen molar-refractivity contribution in [1.82, 2.24) is 9.80 Å². The van der Waals surface area contributed by atoms with Crippen LogP contribution in [0.4, 0.5) is 0 Å². The van der Waals surface area contributed by atoms with E-state index in [0.29, 0.717) is 6.04 Å². The van der Waals surface area contributed by atoms with E-state index in [1.165, 1.54) is 7.11 Å². The van der Waals surface area contributed by atoms with Crippen molar-refractivity contribution in [1.29, 1.82) is 0 Å². The maximum Gasteiger partial charge on any atom is 0.253 e. The summed E-state index contributed by atoms with van der Waals surface area (Å²) in [4.78, 5) is 16.3. The van der Waals surface area contributed by atoms with Crippen molar-refractivity contribution in [3.8, 4) is 0 Å². The molecule has 1 fully saturated rings. The Bertz CT molecular complexity index is 236. The largest absolute Gasteiger partial charge is 0.370 e. The molecule has 0 aromatic rings. The van der Waals surface area contributed by atoms with Gasteiger partial charge in [-0.2, -0.15) is 0 Å². The molecule has 1 aliphatic heterocycles. The van der Waals surface area contributed by atoms with Gasteiger partial charge >= 0.3 is 0 Å². The van der Waals surface area contributed by atoms with E-state index in [0.717, 1.165) is 32.6 Å². The molecule has 17 heavy (non-hydrogen) atoms. The second-order valence-electron chi connectivity index (χ2n) is 4.58. The number of hydrogen-bond donors (Lipinski definition) is 1. The fraction of sp³-hybridized carbons (Fsp3) is 0.917. The van der Waals surface area contributed by atoms with Crippen LogP contribution in [0.1, 0.15) is 20.3 Å². The van der Waals surface area contributed by atoms with Crippen molar-refractivity contribution in [2.24, 2.45) is 5.73 Å². The van der Waals surface area contributed by atoms with E-state index in [-0.39, 0.29) is 12.5 Å². The maximum absolute atomic E-state index is 12.0. The summed E-state index contributed by atoms with van der Waals surface area (Å²) < 4.78 is 5.08. The third-order valence-corrected chi connectivity index (χ3v) is 3.61. The lowest BCUT2D eigenvalue weighted by Crippen LogP contribution is -2.54. The molecule has 0 aromatic carbocycles. The van der Waals surface area contributed by atoms with E-state index in [4.69, 9.17) is 10.5 Å². The molecule has 0 saturated carbocycles. The second-order valence-corrected chi connectivity index (χ2v) is 4.58. The smallest absolute Gasteiger partial charge is 0.253 e. The highest BCUT2D eigenvalue weighted by molar-refractivity contribution is 5.81. The van der Waals surface area contributed by atoms with Crippen molar-refractivity contribution >= 4 is 5.91 Å². The Morgan fingerprint density at radius 2 is 1.94 bits per heavy atom. The van der Waals surface area contributed by atoms with Crippen LogP contribution in [0.25, 0.3) is 0 Å². The van der Waals surface area contributed by atoms with E-state index < -0.39 is 6.10 Å². The standard InChI is InChI=1S/C12H25N3O2/c1-4-10(2)14-5-7-15(8-6-14)12(16)11(9-13)17-3/h10-11H,4-9,13H2,1-3H3. The molecule has 2 atom stereocenters. The summed E-state index contributed by atoms with van der Waals surface area (Å²) in [6.07, 6.45) is 0.669. The quantitative estimate of drug-likeness (QED) is 0.733. The first-order chi connectivity index (χ1) is 8.13. The lowest BCUT2D eigenvalue weighted by Gasteiger charge is -2.38. The zero-order valence-corrected chi connectivity index (χ0v) is 11.2. The Hall–Kier alpha value is -0.650. The number of piperazine rings is 1. The van der Waals surface area contributed by atoms with E-state index in [2.05, 4.69) is 18.7 Å². The molecule has 5 heteroatoms. The molecule has 0 bridgehead atoms. The van der Waals surface area contributed by atoms with Gasteiger partial charge in [0.05, 0.1) is 0 Å². The van der Waals surface area contributed by atoms with Crippen LogP contribution in [0.15, 0.2) is 0 Å².